The van der Waals surface area contributed by atoms with E-state index in [2.05, 4.69) is 0 Å². The molecule has 0 saturated heterocycles. The first-order chi connectivity index (χ1) is 3.73. The molecule has 0 saturated carbocycles. The van der Waals surface area contributed by atoms with Crippen LogP contribution in [-0.2, 0) is 21.2 Å². The molecule has 0 aromatic rings. The van der Waals surface area contributed by atoms with Gasteiger partial charge in [-0.25, -0.2) is 4.79 Å². The van der Waals surface area contributed by atoms with E-state index in [-0.39, 0.29) is 174 Å². The van der Waals surface area contributed by atoms with Crippen molar-refractivity contribution in [2.24, 2.45) is 0 Å². The fourth-order valence-electron chi connectivity index (χ4n) is 0. The molecule has 0 atom stereocenters. The van der Waals surface area contributed by atoms with Crippen LogP contribution in [0.25, 0.3) is 0 Å². The van der Waals surface area contributed by atoms with Gasteiger partial charge >= 0.3 is 151 Å². The first-order valence-electron chi connectivity index (χ1n) is 1.35. The molecule has 17 heteroatoms. The molecule has 18 heavy (non-hydrogen) atoms. The molecule has 0 aliphatic rings. The van der Waals surface area contributed by atoms with E-state index < -0.39 is 19.8 Å². The summed E-state index contributed by atoms with van der Waals surface area (Å²) in [7, 11) is 0. The van der Waals surface area contributed by atoms with Gasteiger partial charge in [-0.05, 0) is 0 Å². The van der Waals surface area contributed by atoms with Crippen molar-refractivity contribution in [2.75, 3.05) is 0 Å². The molecule has 0 unspecified atom stereocenters. The van der Waals surface area contributed by atoms with Crippen molar-refractivity contribution in [1.82, 2.24) is 0 Å². The molecule has 0 heterocycles. The fourth-order valence-corrected chi connectivity index (χ4v) is 0. The molecule has 108 valence electrons. The Morgan fingerprint density at radius 3 is 0.722 bits per heavy atom. The number of hydrogen-bond acceptors (Lipinski definition) is 3. The van der Waals surface area contributed by atoms with E-state index in [9.17, 15) is 0 Å². The minimum atomic E-state index is -5.25. The Morgan fingerprint density at radius 2 is 0.722 bits per heavy atom. The molecule has 0 aromatic heterocycles. The van der Waals surface area contributed by atoms with Gasteiger partial charge in [-0.3, -0.25) is 0 Å². The van der Waals surface area contributed by atoms with E-state index in [0.29, 0.717) is 0 Å². The van der Waals surface area contributed by atoms with Crippen LogP contribution in [0.4, 0.5) is 4.79 Å². The van der Waals surface area contributed by atoms with Crippen LogP contribution >= 0.6 is 58.8 Å². The fraction of sp³-hybridized carbons (Fsp3) is 0. The number of carboxylic acid groups (broad SMARTS) is 2. The van der Waals surface area contributed by atoms with Crippen LogP contribution in [0, 0.1) is 0 Å². The van der Waals surface area contributed by atoms with Gasteiger partial charge in [0.15, 0.2) is 0 Å². The summed E-state index contributed by atoms with van der Waals surface area (Å²) in [6.45, 7) is 0. The summed E-state index contributed by atoms with van der Waals surface area (Å²) in [4.78, 5) is 8.56. The van der Waals surface area contributed by atoms with Crippen molar-refractivity contribution in [2.45, 2.75) is 0 Å². The Kier molecular flexibility index (Phi) is 215. The number of halogens is 4. The molecule has 0 aliphatic heterocycles. The average molecular weight is 546 g/mol. The van der Waals surface area contributed by atoms with Crippen LogP contribution < -0.4 is 0 Å². The molecule has 0 bridgehead atoms. The van der Waals surface area contributed by atoms with Gasteiger partial charge in [0, 0.05) is 0 Å². The standard InChI is InChI=1S/CH2O3.2BrH.2ClH.Cr.5Mg.2H2O.2O.10H/c2-1(3)4;;;;;;;;;;;;;;;;;;;;;;;;/h(H2,2,3,4);4*1H;;;;;;;2*1H2;;;;;;;;;;;;/q;;;;;+2;;;;;;;;;;;;;;;;;;;/p-2. The summed E-state index contributed by atoms with van der Waals surface area (Å²) in [6.07, 6.45) is -1.83. The summed E-state index contributed by atoms with van der Waals surface area (Å²) < 4.78 is 31.9. The van der Waals surface area contributed by atoms with Crippen molar-refractivity contribution in [1.29, 1.82) is 0 Å². The summed E-state index contributed by atoms with van der Waals surface area (Å²) >= 11 is -5.25. The molecular formula is CH18Br2Cl2CrMg5O7. The molecule has 0 spiro atoms. The van der Waals surface area contributed by atoms with Crippen LogP contribution in [-0.4, -0.2) is 140 Å². The maximum absolute atomic E-state index is 8.82. The van der Waals surface area contributed by atoms with Crippen molar-refractivity contribution in [3.05, 3.63) is 0 Å². The van der Waals surface area contributed by atoms with Gasteiger partial charge in [0.2, 0.25) is 0 Å². The average Bonchev–Trinajstić information content (AvgIpc) is 1.19. The Bertz CT molecular complexity index is 182. The minimum absolute atomic E-state index is 0. The molecule has 7 nitrogen and oxygen atoms in total. The molecule has 0 rings (SSSR count). The summed E-state index contributed by atoms with van der Waals surface area (Å²) in [5, 5.41) is 13.9. The summed E-state index contributed by atoms with van der Waals surface area (Å²) in [5.74, 6) is 0. The maximum atomic E-state index is 8.82. The van der Waals surface area contributed by atoms with E-state index in [0.717, 1.165) is 0 Å². The predicted molar refractivity (Wildman–Crippen MR) is 94.3 cm³/mol. The number of hydrogen-bond donors (Lipinski definition) is 4. The summed E-state index contributed by atoms with van der Waals surface area (Å²) in [6, 6.07) is 0. The van der Waals surface area contributed by atoms with Gasteiger partial charge in [0.05, 0.1) is 0 Å². The third-order valence-corrected chi connectivity index (χ3v) is 0. The van der Waals surface area contributed by atoms with Crippen molar-refractivity contribution in [3.63, 3.8) is 0 Å². The zero-order valence-corrected chi connectivity index (χ0v) is 11.9. The SMILES string of the molecule is Br.Br.Cl.Cl.O=C(O)O.[MgH2].[MgH2].[MgH2].[MgH2].[MgH2].[O]=[Cr](=[O])([OH])[OH]. The second-order valence-electron chi connectivity index (χ2n) is 0.730. The normalized spacial score (nSPS) is 4.56. The Morgan fingerprint density at radius 1 is 0.722 bits per heavy atom. The van der Waals surface area contributed by atoms with Crippen molar-refractivity contribution < 1.29 is 44.5 Å². The van der Waals surface area contributed by atoms with Gasteiger partial charge in [-0.15, -0.1) is 58.8 Å². The molecule has 0 aliphatic carbocycles. The van der Waals surface area contributed by atoms with Gasteiger partial charge in [-0.1, -0.05) is 0 Å². The third kappa shape index (κ3) is 364. The van der Waals surface area contributed by atoms with E-state index in [4.69, 9.17) is 30.9 Å². The molecule has 4 N–H and O–H groups in total. The van der Waals surface area contributed by atoms with Crippen LogP contribution in [0.3, 0.4) is 0 Å². The molecular weight excluding hydrogens is 528 g/mol. The predicted octanol–water partition coefficient (Wildman–Crippen LogP) is -3.71. The zero-order chi connectivity index (χ0) is 8.08. The Balaban J connectivity index is -0.00000000406. The molecule has 0 amide bonds. The topological polar surface area (TPSA) is 132 Å². The number of rotatable bonds is 0. The monoisotopic (exact) mass is 542 g/mol. The Hall–Kier alpha value is 4.69. The second kappa shape index (κ2) is 49.5. The van der Waals surface area contributed by atoms with Gasteiger partial charge < -0.3 is 10.2 Å². The third-order valence-electron chi connectivity index (χ3n) is 0. The first-order valence-corrected chi connectivity index (χ1v) is 3.53. The second-order valence-corrected chi connectivity index (χ2v) is 2.13. The van der Waals surface area contributed by atoms with Crippen LogP contribution in [0.5, 0.6) is 0 Å². The van der Waals surface area contributed by atoms with Crippen LogP contribution in [0.2, 0.25) is 0 Å². The quantitative estimate of drug-likeness (QED) is 0.230. The molecule has 0 radical (unpaired) electrons. The Labute approximate surface area is 220 Å². The van der Waals surface area contributed by atoms with Crippen LogP contribution in [0.15, 0.2) is 0 Å². The summed E-state index contributed by atoms with van der Waals surface area (Å²) in [5.41, 5.74) is 0. The first kappa shape index (κ1) is 78.1. The van der Waals surface area contributed by atoms with Gasteiger partial charge in [0.1, 0.15) is 0 Å². The molecule has 0 aromatic carbocycles. The van der Waals surface area contributed by atoms with Gasteiger partial charge in [0.25, 0.3) is 0 Å². The van der Waals surface area contributed by atoms with Crippen LogP contribution in [0.1, 0.15) is 0 Å². The van der Waals surface area contributed by atoms with Crippen molar-refractivity contribution in [3.8, 4) is 0 Å². The van der Waals surface area contributed by atoms with E-state index in [1.807, 2.05) is 0 Å². The van der Waals surface area contributed by atoms with E-state index in [1.165, 1.54) is 0 Å². The number of carbonyl (C=O) groups is 1. The van der Waals surface area contributed by atoms with Crippen molar-refractivity contribution >= 4 is 180 Å². The van der Waals surface area contributed by atoms with E-state index >= 15 is 0 Å². The zero-order valence-electron chi connectivity index (χ0n) is 5.55. The molecule has 0 fully saturated rings. The van der Waals surface area contributed by atoms with E-state index in [1.54, 1.807) is 0 Å². The van der Waals surface area contributed by atoms with Gasteiger partial charge in [-0.2, -0.15) is 0 Å².